The SMILES string of the molecule is CCCCOCCN=C(N)N(CC)CC.I. The summed E-state index contributed by atoms with van der Waals surface area (Å²) in [4.78, 5) is 6.29. The van der Waals surface area contributed by atoms with Crippen LogP contribution >= 0.6 is 24.0 Å². The standard InChI is InChI=1S/C11H25N3O.HI/c1-4-7-9-15-10-8-13-11(12)14(5-2)6-3;/h4-10H2,1-3H3,(H2,12,13);1H. The summed E-state index contributed by atoms with van der Waals surface area (Å²) in [7, 11) is 0. The third-order valence-corrected chi connectivity index (χ3v) is 2.24. The van der Waals surface area contributed by atoms with Gasteiger partial charge in [-0.15, -0.1) is 24.0 Å². The smallest absolute Gasteiger partial charge is 0.191 e. The topological polar surface area (TPSA) is 50.9 Å². The van der Waals surface area contributed by atoms with Crippen molar-refractivity contribution in [2.24, 2.45) is 10.7 Å². The molecule has 0 unspecified atom stereocenters. The number of guanidine groups is 1. The van der Waals surface area contributed by atoms with Crippen LogP contribution in [0, 0.1) is 0 Å². The molecule has 5 heteroatoms. The Morgan fingerprint density at radius 1 is 1.19 bits per heavy atom. The Labute approximate surface area is 117 Å². The van der Waals surface area contributed by atoms with Gasteiger partial charge in [0, 0.05) is 19.7 Å². The monoisotopic (exact) mass is 343 g/mol. The zero-order valence-electron chi connectivity index (χ0n) is 10.7. The van der Waals surface area contributed by atoms with E-state index in [9.17, 15) is 0 Å². The van der Waals surface area contributed by atoms with Gasteiger partial charge >= 0.3 is 0 Å². The molecule has 0 aliphatic carbocycles. The molecule has 0 aromatic rings. The maximum absolute atomic E-state index is 5.80. The van der Waals surface area contributed by atoms with Gasteiger partial charge in [-0.05, 0) is 20.3 Å². The van der Waals surface area contributed by atoms with Gasteiger partial charge in [-0.3, -0.25) is 4.99 Å². The van der Waals surface area contributed by atoms with Crippen LogP contribution in [-0.2, 0) is 4.74 Å². The van der Waals surface area contributed by atoms with Gasteiger partial charge in [0.15, 0.2) is 5.96 Å². The van der Waals surface area contributed by atoms with Crippen molar-refractivity contribution in [1.29, 1.82) is 0 Å². The highest BCUT2D eigenvalue weighted by molar-refractivity contribution is 14.0. The predicted molar refractivity (Wildman–Crippen MR) is 80.6 cm³/mol. The summed E-state index contributed by atoms with van der Waals surface area (Å²) in [5, 5.41) is 0. The quantitative estimate of drug-likeness (QED) is 0.318. The lowest BCUT2D eigenvalue weighted by Crippen LogP contribution is -2.37. The fourth-order valence-electron chi connectivity index (χ4n) is 1.22. The maximum atomic E-state index is 5.80. The first-order chi connectivity index (χ1) is 7.26. The number of hydrogen-bond acceptors (Lipinski definition) is 2. The van der Waals surface area contributed by atoms with Crippen molar-refractivity contribution < 1.29 is 4.74 Å². The van der Waals surface area contributed by atoms with Crippen molar-refractivity contribution in [2.45, 2.75) is 33.6 Å². The normalized spacial score (nSPS) is 11.1. The Kier molecular flexibility index (Phi) is 14.9. The average Bonchev–Trinajstić information content (AvgIpc) is 2.25. The molecule has 0 atom stereocenters. The molecule has 0 radical (unpaired) electrons. The van der Waals surface area contributed by atoms with Gasteiger partial charge in [0.2, 0.25) is 0 Å². The number of aliphatic imine (C=N–C) groups is 1. The molecule has 0 fully saturated rings. The summed E-state index contributed by atoms with van der Waals surface area (Å²) < 4.78 is 5.39. The van der Waals surface area contributed by atoms with Crippen LogP contribution < -0.4 is 5.73 Å². The van der Waals surface area contributed by atoms with E-state index < -0.39 is 0 Å². The minimum absolute atomic E-state index is 0. The lowest BCUT2D eigenvalue weighted by molar-refractivity contribution is 0.138. The van der Waals surface area contributed by atoms with Crippen LogP contribution in [0.5, 0.6) is 0 Å². The zero-order valence-corrected chi connectivity index (χ0v) is 13.1. The summed E-state index contributed by atoms with van der Waals surface area (Å²) in [5.41, 5.74) is 5.80. The molecular weight excluding hydrogens is 317 g/mol. The number of rotatable bonds is 8. The van der Waals surface area contributed by atoms with Crippen LogP contribution in [0.3, 0.4) is 0 Å². The molecule has 2 N–H and O–H groups in total. The molecule has 0 aromatic carbocycles. The highest BCUT2D eigenvalue weighted by atomic mass is 127. The largest absolute Gasteiger partial charge is 0.380 e. The number of nitrogens with zero attached hydrogens (tertiary/aromatic N) is 2. The van der Waals surface area contributed by atoms with Gasteiger partial charge < -0.3 is 15.4 Å². The van der Waals surface area contributed by atoms with E-state index in [0.717, 1.165) is 26.1 Å². The summed E-state index contributed by atoms with van der Waals surface area (Å²) in [6.45, 7) is 10.3. The van der Waals surface area contributed by atoms with Crippen LogP contribution in [-0.4, -0.2) is 43.7 Å². The Bertz CT molecular complexity index is 173. The van der Waals surface area contributed by atoms with E-state index in [4.69, 9.17) is 10.5 Å². The second kappa shape index (κ2) is 13.0. The van der Waals surface area contributed by atoms with Gasteiger partial charge in [-0.2, -0.15) is 0 Å². The number of hydrogen-bond donors (Lipinski definition) is 1. The maximum Gasteiger partial charge on any atom is 0.191 e. The van der Waals surface area contributed by atoms with Crippen LogP contribution in [0.15, 0.2) is 4.99 Å². The summed E-state index contributed by atoms with van der Waals surface area (Å²) in [6, 6.07) is 0. The molecule has 0 saturated carbocycles. The van der Waals surface area contributed by atoms with Gasteiger partial charge in [-0.25, -0.2) is 0 Å². The fourth-order valence-corrected chi connectivity index (χ4v) is 1.22. The van der Waals surface area contributed by atoms with Crippen molar-refractivity contribution in [3.63, 3.8) is 0 Å². The first-order valence-corrected chi connectivity index (χ1v) is 5.88. The Balaban J connectivity index is 0. The highest BCUT2D eigenvalue weighted by Gasteiger charge is 2.00. The summed E-state index contributed by atoms with van der Waals surface area (Å²) >= 11 is 0. The third kappa shape index (κ3) is 9.21. The number of ether oxygens (including phenoxy) is 1. The van der Waals surface area contributed by atoms with Crippen molar-refractivity contribution in [2.75, 3.05) is 32.8 Å². The molecule has 4 nitrogen and oxygen atoms in total. The third-order valence-electron chi connectivity index (χ3n) is 2.24. The van der Waals surface area contributed by atoms with Crippen LogP contribution in [0.25, 0.3) is 0 Å². The highest BCUT2D eigenvalue weighted by Crippen LogP contribution is 1.89. The average molecular weight is 343 g/mol. The molecule has 0 aliphatic rings. The molecule has 0 heterocycles. The summed E-state index contributed by atoms with van der Waals surface area (Å²) in [5.74, 6) is 0.624. The van der Waals surface area contributed by atoms with E-state index in [1.807, 2.05) is 4.90 Å². The van der Waals surface area contributed by atoms with Crippen LogP contribution in [0.2, 0.25) is 0 Å². The number of unbranched alkanes of at least 4 members (excludes halogenated alkanes) is 1. The molecule has 0 bridgehead atoms. The Hall–Kier alpha value is -0.0400. The Morgan fingerprint density at radius 3 is 2.31 bits per heavy atom. The van der Waals surface area contributed by atoms with E-state index in [-0.39, 0.29) is 24.0 Å². The fraction of sp³-hybridized carbons (Fsp3) is 0.909. The predicted octanol–water partition coefficient (Wildman–Crippen LogP) is 2.08. The molecule has 0 spiro atoms. The second-order valence-corrected chi connectivity index (χ2v) is 3.38. The van der Waals surface area contributed by atoms with Gasteiger partial charge in [0.25, 0.3) is 0 Å². The first-order valence-electron chi connectivity index (χ1n) is 5.88. The molecular formula is C11H26IN3O. The molecule has 0 amide bonds. The second-order valence-electron chi connectivity index (χ2n) is 3.38. The van der Waals surface area contributed by atoms with E-state index in [0.29, 0.717) is 19.1 Å². The molecule has 0 aliphatic heterocycles. The number of halogens is 1. The molecule has 0 aromatic heterocycles. The minimum atomic E-state index is 0. The van der Waals surface area contributed by atoms with Gasteiger partial charge in [0.1, 0.15) is 0 Å². The summed E-state index contributed by atoms with van der Waals surface area (Å²) in [6.07, 6.45) is 2.29. The van der Waals surface area contributed by atoms with E-state index in [2.05, 4.69) is 25.8 Å². The van der Waals surface area contributed by atoms with Crippen LogP contribution in [0.4, 0.5) is 0 Å². The molecule has 16 heavy (non-hydrogen) atoms. The first kappa shape index (κ1) is 18.3. The van der Waals surface area contributed by atoms with Crippen molar-refractivity contribution in [1.82, 2.24) is 4.90 Å². The van der Waals surface area contributed by atoms with Gasteiger partial charge in [0.05, 0.1) is 13.2 Å². The van der Waals surface area contributed by atoms with Crippen molar-refractivity contribution in [3.8, 4) is 0 Å². The minimum Gasteiger partial charge on any atom is -0.380 e. The number of nitrogens with two attached hydrogens (primary N) is 1. The molecule has 0 rings (SSSR count). The van der Waals surface area contributed by atoms with Gasteiger partial charge in [-0.1, -0.05) is 13.3 Å². The van der Waals surface area contributed by atoms with E-state index in [1.54, 1.807) is 0 Å². The van der Waals surface area contributed by atoms with E-state index >= 15 is 0 Å². The lowest BCUT2D eigenvalue weighted by Gasteiger charge is -2.19. The van der Waals surface area contributed by atoms with Crippen molar-refractivity contribution in [3.05, 3.63) is 0 Å². The van der Waals surface area contributed by atoms with Crippen molar-refractivity contribution >= 4 is 29.9 Å². The molecule has 0 saturated heterocycles. The van der Waals surface area contributed by atoms with Crippen LogP contribution in [0.1, 0.15) is 33.6 Å². The molecule has 98 valence electrons. The zero-order chi connectivity index (χ0) is 11.5. The van der Waals surface area contributed by atoms with E-state index in [1.165, 1.54) is 6.42 Å². The Morgan fingerprint density at radius 2 is 1.81 bits per heavy atom. The lowest BCUT2D eigenvalue weighted by atomic mass is 10.4.